The zero-order valence-corrected chi connectivity index (χ0v) is 9.45. The van der Waals surface area contributed by atoms with Crippen molar-refractivity contribution in [3.05, 3.63) is 59.9 Å². The Hall–Kier alpha value is -1.48. The molecule has 0 fully saturated rings. The predicted octanol–water partition coefficient (Wildman–Crippen LogP) is 3.69. The maximum atomic E-state index is 12.9. The fourth-order valence-corrected chi connectivity index (χ4v) is 1.46. The summed E-state index contributed by atoms with van der Waals surface area (Å²) >= 11 is 4.19. The molecule has 0 aliphatic heterocycles. The van der Waals surface area contributed by atoms with Crippen LogP contribution in [0.4, 0.5) is 4.39 Å². The summed E-state index contributed by atoms with van der Waals surface area (Å²) in [4.78, 5) is 0.912. The third-order valence-electron chi connectivity index (χ3n) is 2.14. The smallest absolute Gasteiger partial charge is 0.126 e. The predicted molar refractivity (Wildman–Crippen MR) is 64.4 cm³/mol. The lowest BCUT2D eigenvalue weighted by molar-refractivity contribution is 0.304. The molecule has 0 radical (unpaired) electrons. The van der Waals surface area contributed by atoms with Crippen molar-refractivity contribution >= 4 is 12.6 Å². The van der Waals surface area contributed by atoms with Crippen LogP contribution in [0.5, 0.6) is 5.75 Å². The monoisotopic (exact) mass is 234 g/mol. The summed E-state index contributed by atoms with van der Waals surface area (Å²) in [5, 5.41) is 0. The lowest BCUT2D eigenvalue weighted by Gasteiger charge is -2.06. The SMILES string of the molecule is Fc1cccc(OCc2ccc(S)cc2)c1. The Bertz CT molecular complexity index is 468. The van der Waals surface area contributed by atoms with Crippen LogP contribution < -0.4 is 4.74 Å². The van der Waals surface area contributed by atoms with E-state index in [0.717, 1.165) is 10.5 Å². The van der Waals surface area contributed by atoms with Crippen LogP contribution in [0, 0.1) is 5.82 Å². The van der Waals surface area contributed by atoms with Crippen molar-refractivity contribution in [3.8, 4) is 5.75 Å². The molecule has 0 N–H and O–H groups in total. The third-order valence-corrected chi connectivity index (χ3v) is 2.44. The van der Waals surface area contributed by atoms with Gasteiger partial charge in [0.25, 0.3) is 0 Å². The summed E-state index contributed by atoms with van der Waals surface area (Å²) in [6.07, 6.45) is 0. The van der Waals surface area contributed by atoms with Gasteiger partial charge in [0.05, 0.1) is 0 Å². The first kappa shape index (κ1) is 11.0. The maximum Gasteiger partial charge on any atom is 0.126 e. The van der Waals surface area contributed by atoms with Gasteiger partial charge in [-0.05, 0) is 29.8 Å². The van der Waals surface area contributed by atoms with Crippen LogP contribution in [0.3, 0.4) is 0 Å². The van der Waals surface area contributed by atoms with Gasteiger partial charge in [-0.25, -0.2) is 4.39 Å². The molecule has 0 heterocycles. The first-order valence-corrected chi connectivity index (χ1v) is 5.35. The van der Waals surface area contributed by atoms with Crippen LogP contribution in [0.1, 0.15) is 5.56 Å². The normalized spacial score (nSPS) is 10.1. The summed E-state index contributed by atoms with van der Waals surface area (Å²) in [5.74, 6) is 0.248. The van der Waals surface area contributed by atoms with Crippen molar-refractivity contribution in [1.82, 2.24) is 0 Å². The van der Waals surface area contributed by atoms with Gasteiger partial charge in [-0.1, -0.05) is 18.2 Å². The van der Waals surface area contributed by atoms with E-state index >= 15 is 0 Å². The molecular weight excluding hydrogens is 223 g/mol. The average Bonchev–Trinajstić information content (AvgIpc) is 2.28. The first-order valence-electron chi connectivity index (χ1n) is 4.90. The molecule has 0 saturated carbocycles. The summed E-state index contributed by atoms with van der Waals surface area (Å²) < 4.78 is 18.3. The zero-order valence-electron chi connectivity index (χ0n) is 8.56. The highest BCUT2D eigenvalue weighted by Crippen LogP contribution is 2.15. The first-order chi connectivity index (χ1) is 7.74. The Morgan fingerprint density at radius 1 is 1.06 bits per heavy atom. The number of benzene rings is 2. The van der Waals surface area contributed by atoms with Gasteiger partial charge < -0.3 is 4.74 Å². The number of hydrogen-bond acceptors (Lipinski definition) is 2. The second-order valence-corrected chi connectivity index (χ2v) is 3.93. The number of halogens is 1. The van der Waals surface area contributed by atoms with Gasteiger partial charge in [0.1, 0.15) is 18.2 Å². The molecule has 0 aliphatic carbocycles. The minimum atomic E-state index is -0.289. The lowest BCUT2D eigenvalue weighted by Crippen LogP contribution is -1.95. The number of rotatable bonds is 3. The molecule has 3 heteroatoms. The largest absolute Gasteiger partial charge is 0.489 e. The van der Waals surface area contributed by atoms with E-state index in [9.17, 15) is 4.39 Å². The molecule has 2 rings (SSSR count). The molecule has 0 atom stereocenters. The fourth-order valence-electron chi connectivity index (χ4n) is 1.32. The van der Waals surface area contributed by atoms with Crippen LogP contribution in [0.2, 0.25) is 0 Å². The molecule has 2 aromatic rings. The number of ether oxygens (including phenoxy) is 1. The van der Waals surface area contributed by atoms with E-state index < -0.39 is 0 Å². The van der Waals surface area contributed by atoms with Crippen LogP contribution in [-0.4, -0.2) is 0 Å². The minimum absolute atomic E-state index is 0.289. The van der Waals surface area contributed by atoms with Crippen molar-refractivity contribution in [1.29, 1.82) is 0 Å². The molecular formula is C13H11FOS. The van der Waals surface area contributed by atoms with Gasteiger partial charge in [0.2, 0.25) is 0 Å². The summed E-state index contributed by atoms with van der Waals surface area (Å²) in [5.41, 5.74) is 1.03. The highest BCUT2D eigenvalue weighted by molar-refractivity contribution is 7.80. The highest BCUT2D eigenvalue weighted by Gasteiger charge is 1.97. The zero-order chi connectivity index (χ0) is 11.4. The third kappa shape index (κ3) is 3.00. The topological polar surface area (TPSA) is 9.23 Å². The maximum absolute atomic E-state index is 12.9. The minimum Gasteiger partial charge on any atom is -0.489 e. The Kier molecular flexibility index (Phi) is 3.47. The second-order valence-electron chi connectivity index (χ2n) is 3.41. The number of thiol groups is 1. The molecule has 0 aliphatic rings. The van der Waals surface area contributed by atoms with Gasteiger partial charge in [-0.3, -0.25) is 0 Å². The lowest BCUT2D eigenvalue weighted by atomic mass is 10.2. The van der Waals surface area contributed by atoms with Gasteiger partial charge >= 0.3 is 0 Å². The fraction of sp³-hybridized carbons (Fsp3) is 0.0769. The molecule has 1 nitrogen and oxygen atoms in total. The summed E-state index contributed by atoms with van der Waals surface area (Å²) in [7, 11) is 0. The molecule has 16 heavy (non-hydrogen) atoms. The van der Waals surface area contributed by atoms with Crippen LogP contribution in [0.25, 0.3) is 0 Å². The molecule has 2 aromatic carbocycles. The summed E-state index contributed by atoms with van der Waals surface area (Å²) in [6.45, 7) is 0.428. The molecule has 82 valence electrons. The Balaban J connectivity index is 1.99. The van der Waals surface area contributed by atoms with Gasteiger partial charge in [-0.15, -0.1) is 12.6 Å². The van der Waals surface area contributed by atoms with E-state index in [-0.39, 0.29) is 5.82 Å². The van der Waals surface area contributed by atoms with Crippen LogP contribution in [-0.2, 0) is 6.61 Å². The van der Waals surface area contributed by atoms with Crippen LogP contribution in [0.15, 0.2) is 53.4 Å². The summed E-state index contributed by atoms with van der Waals surface area (Å²) in [6, 6.07) is 13.8. The van der Waals surface area contributed by atoms with E-state index in [2.05, 4.69) is 12.6 Å². The van der Waals surface area contributed by atoms with Crippen molar-refractivity contribution in [2.24, 2.45) is 0 Å². The van der Waals surface area contributed by atoms with E-state index in [1.165, 1.54) is 12.1 Å². The van der Waals surface area contributed by atoms with Crippen molar-refractivity contribution in [2.75, 3.05) is 0 Å². The molecule has 0 bridgehead atoms. The van der Waals surface area contributed by atoms with Gasteiger partial charge in [0, 0.05) is 11.0 Å². The van der Waals surface area contributed by atoms with Crippen molar-refractivity contribution < 1.29 is 9.13 Å². The quantitative estimate of drug-likeness (QED) is 0.797. The number of hydrogen-bond donors (Lipinski definition) is 1. The molecule has 0 unspecified atom stereocenters. The van der Waals surface area contributed by atoms with Crippen molar-refractivity contribution in [3.63, 3.8) is 0 Å². The standard InChI is InChI=1S/C13H11FOS/c14-11-2-1-3-12(8-11)15-9-10-4-6-13(16)7-5-10/h1-8,16H,9H2. The molecule has 0 spiro atoms. The Labute approximate surface area is 99.3 Å². The van der Waals surface area contributed by atoms with Gasteiger partial charge in [0.15, 0.2) is 0 Å². The van der Waals surface area contributed by atoms with Crippen LogP contribution >= 0.6 is 12.6 Å². The van der Waals surface area contributed by atoms with E-state index in [4.69, 9.17) is 4.74 Å². The van der Waals surface area contributed by atoms with E-state index in [1.54, 1.807) is 12.1 Å². The second kappa shape index (κ2) is 5.03. The Morgan fingerprint density at radius 2 is 1.81 bits per heavy atom. The molecule has 0 aromatic heterocycles. The highest BCUT2D eigenvalue weighted by atomic mass is 32.1. The molecule has 0 saturated heterocycles. The average molecular weight is 234 g/mol. The van der Waals surface area contributed by atoms with Gasteiger partial charge in [-0.2, -0.15) is 0 Å². The van der Waals surface area contributed by atoms with E-state index in [1.807, 2.05) is 24.3 Å². The Morgan fingerprint density at radius 3 is 2.50 bits per heavy atom. The van der Waals surface area contributed by atoms with Crippen molar-refractivity contribution in [2.45, 2.75) is 11.5 Å². The molecule has 0 amide bonds. The van der Waals surface area contributed by atoms with E-state index in [0.29, 0.717) is 12.4 Å².